The van der Waals surface area contributed by atoms with Crippen molar-refractivity contribution in [2.45, 2.75) is 26.2 Å². The van der Waals surface area contributed by atoms with Gasteiger partial charge >= 0.3 is 6.01 Å². The number of nitrogens with zero attached hydrogens (tertiary/aromatic N) is 2. The first-order chi connectivity index (χ1) is 8.15. The van der Waals surface area contributed by atoms with Crippen molar-refractivity contribution in [1.82, 2.24) is 10.1 Å². The number of nitrogens with one attached hydrogen (secondary N) is 1. The summed E-state index contributed by atoms with van der Waals surface area (Å²) in [6.07, 6.45) is 0.769. The highest BCUT2D eigenvalue weighted by Crippen LogP contribution is 2.15. The van der Waals surface area contributed by atoms with Gasteiger partial charge in [0.2, 0.25) is 0 Å². The Morgan fingerprint density at radius 1 is 1.41 bits per heavy atom. The number of anilines is 1. The molecule has 0 unspecified atom stereocenters. The van der Waals surface area contributed by atoms with Crippen molar-refractivity contribution in [3.05, 3.63) is 28.4 Å². The molecule has 0 amide bonds. The van der Waals surface area contributed by atoms with Crippen LogP contribution < -0.4 is 5.32 Å². The Kier molecular flexibility index (Phi) is 3.83. The standard InChI is InChI=1S/C11H14BrN3O2/c1-7(2)10-14-11(17-15-10)13-6-5-8-3-4-9(12)16-8/h3-4,7H,5-6H2,1-2H3,(H,13,14,15). The van der Waals surface area contributed by atoms with Crippen LogP contribution in [0.5, 0.6) is 0 Å². The van der Waals surface area contributed by atoms with Gasteiger partial charge in [-0.15, -0.1) is 0 Å². The van der Waals surface area contributed by atoms with Crippen LogP contribution in [0.25, 0.3) is 0 Å². The highest BCUT2D eigenvalue weighted by Gasteiger charge is 2.09. The summed E-state index contributed by atoms with van der Waals surface area (Å²) < 4.78 is 11.2. The van der Waals surface area contributed by atoms with E-state index in [4.69, 9.17) is 8.94 Å². The molecule has 5 nitrogen and oxygen atoms in total. The molecule has 0 aromatic carbocycles. The van der Waals surface area contributed by atoms with E-state index in [-0.39, 0.29) is 5.92 Å². The zero-order chi connectivity index (χ0) is 12.3. The second kappa shape index (κ2) is 5.35. The molecule has 17 heavy (non-hydrogen) atoms. The van der Waals surface area contributed by atoms with E-state index in [0.717, 1.165) is 16.9 Å². The number of furan rings is 1. The zero-order valence-corrected chi connectivity index (χ0v) is 11.3. The first-order valence-corrected chi connectivity index (χ1v) is 6.26. The van der Waals surface area contributed by atoms with Crippen LogP contribution >= 0.6 is 15.9 Å². The minimum atomic E-state index is 0.273. The van der Waals surface area contributed by atoms with Gasteiger partial charge in [-0.2, -0.15) is 4.98 Å². The number of hydrogen-bond donors (Lipinski definition) is 1. The monoisotopic (exact) mass is 299 g/mol. The zero-order valence-electron chi connectivity index (χ0n) is 9.74. The molecule has 2 heterocycles. The first-order valence-electron chi connectivity index (χ1n) is 5.47. The third-order valence-electron chi connectivity index (χ3n) is 2.23. The second-order valence-electron chi connectivity index (χ2n) is 4.00. The van der Waals surface area contributed by atoms with E-state index in [9.17, 15) is 0 Å². The Hall–Kier alpha value is -1.30. The molecule has 2 rings (SSSR count). The van der Waals surface area contributed by atoms with Crippen molar-refractivity contribution in [1.29, 1.82) is 0 Å². The third-order valence-corrected chi connectivity index (χ3v) is 2.66. The van der Waals surface area contributed by atoms with Crippen molar-refractivity contribution in [3.63, 3.8) is 0 Å². The van der Waals surface area contributed by atoms with Crippen molar-refractivity contribution in [2.75, 3.05) is 11.9 Å². The normalized spacial score (nSPS) is 11.1. The third kappa shape index (κ3) is 3.33. The molecule has 92 valence electrons. The topological polar surface area (TPSA) is 64.1 Å². The van der Waals surface area contributed by atoms with Gasteiger partial charge in [0.15, 0.2) is 10.5 Å². The summed E-state index contributed by atoms with van der Waals surface area (Å²) in [5, 5.41) is 6.93. The number of rotatable bonds is 5. The van der Waals surface area contributed by atoms with Gasteiger partial charge in [-0.3, -0.25) is 0 Å². The van der Waals surface area contributed by atoms with Crippen LogP contribution in [-0.4, -0.2) is 16.7 Å². The fraction of sp³-hybridized carbons (Fsp3) is 0.455. The average Bonchev–Trinajstić information content (AvgIpc) is 2.88. The fourth-order valence-electron chi connectivity index (χ4n) is 1.32. The van der Waals surface area contributed by atoms with Crippen LogP contribution in [0, 0.1) is 0 Å². The van der Waals surface area contributed by atoms with Crippen LogP contribution in [0.2, 0.25) is 0 Å². The van der Waals surface area contributed by atoms with Crippen LogP contribution in [0.1, 0.15) is 31.4 Å². The van der Waals surface area contributed by atoms with Crippen molar-refractivity contribution in [3.8, 4) is 0 Å². The molecule has 0 aliphatic heterocycles. The molecular weight excluding hydrogens is 286 g/mol. The van der Waals surface area contributed by atoms with E-state index in [1.807, 2.05) is 26.0 Å². The number of halogens is 1. The van der Waals surface area contributed by atoms with Gasteiger partial charge in [0, 0.05) is 18.9 Å². The van der Waals surface area contributed by atoms with Gasteiger partial charge in [-0.05, 0) is 28.1 Å². The van der Waals surface area contributed by atoms with Gasteiger partial charge in [0.05, 0.1) is 0 Å². The minimum absolute atomic E-state index is 0.273. The van der Waals surface area contributed by atoms with Gasteiger partial charge in [-0.25, -0.2) is 0 Å². The quantitative estimate of drug-likeness (QED) is 0.918. The van der Waals surface area contributed by atoms with Crippen LogP contribution in [0.4, 0.5) is 6.01 Å². The lowest BCUT2D eigenvalue weighted by Crippen LogP contribution is -2.04. The van der Waals surface area contributed by atoms with Crippen LogP contribution in [0.15, 0.2) is 25.7 Å². The molecule has 2 aromatic rings. The summed E-state index contributed by atoms with van der Waals surface area (Å²) in [6, 6.07) is 4.26. The highest BCUT2D eigenvalue weighted by atomic mass is 79.9. The van der Waals surface area contributed by atoms with Crippen LogP contribution in [-0.2, 0) is 6.42 Å². The van der Waals surface area contributed by atoms with E-state index >= 15 is 0 Å². The molecule has 0 aliphatic rings. The molecule has 0 radical (unpaired) electrons. The summed E-state index contributed by atoms with van der Waals surface area (Å²) in [7, 11) is 0. The van der Waals surface area contributed by atoms with Gasteiger partial charge in [0.1, 0.15) is 5.76 Å². The number of aromatic nitrogens is 2. The van der Waals surface area contributed by atoms with E-state index < -0.39 is 0 Å². The Morgan fingerprint density at radius 3 is 2.82 bits per heavy atom. The molecular formula is C11H14BrN3O2. The van der Waals surface area contributed by atoms with Crippen molar-refractivity contribution >= 4 is 21.9 Å². The Labute approximate surface area is 108 Å². The minimum Gasteiger partial charge on any atom is -0.454 e. The molecule has 0 bridgehead atoms. The SMILES string of the molecule is CC(C)c1noc(NCCc2ccc(Br)o2)n1. The Balaban J connectivity index is 1.81. The lowest BCUT2D eigenvalue weighted by Gasteiger charge is -1.98. The van der Waals surface area contributed by atoms with E-state index in [0.29, 0.717) is 18.4 Å². The fourth-order valence-corrected chi connectivity index (χ4v) is 1.66. The summed E-state index contributed by atoms with van der Waals surface area (Å²) in [4.78, 5) is 4.22. The maximum atomic E-state index is 5.37. The molecule has 0 fully saturated rings. The maximum absolute atomic E-state index is 5.37. The second-order valence-corrected chi connectivity index (χ2v) is 4.78. The lowest BCUT2D eigenvalue weighted by molar-refractivity contribution is 0.418. The molecule has 0 aliphatic carbocycles. The average molecular weight is 300 g/mol. The van der Waals surface area contributed by atoms with E-state index in [2.05, 4.69) is 31.4 Å². The number of hydrogen-bond acceptors (Lipinski definition) is 5. The Morgan fingerprint density at radius 2 is 2.24 bits per heavy atom. The maximum Gasteiger partial charge on any atom is 0.321 e. The predicted molar refractivity (Wildman–Crippen MR) is 67.0 cm³/mol. The van der Waals surface area contributed by atoms with Gasteiger partial charge < -0.3 is 14.3 Å². The summed E-state index contributed by atoms with van der Waals surface area (Å²) >= 11 is 3.26. The summed E-state index contributed by atoms with van der Waals surface area (Å²) in [6.45, 7) is 4.74. The molecule has 0 atom stereocenters. The molecule has 0 saturated heterocycles. The Bertz CT molecular complexity index is 479. The van der Waals surface area contributed by atoms with Crippen LogP contribution in [0.3, 0.4) is 0 Å². The lowest BCUT2D eigenvalue weighted by atomic mass is 10.2. The van der Waals surface area contributed by atoms with Gasteiger partial charge in [-0.1, -0.05) is 19.0 Å². The van der Waals surface area contributed by atoms with Crippen molar-refractivity contribution in [2.24, 2.45) is 0 Å². The summed E-state index contributed by atoms with van der Waals surface area (Å²) in [5.41, 5.74) is 0. The molecule has 0 spiro atoms. The van der Waals surface area contributed by atoms with E-state index in [1.165, 1.54) is 0 Å². The molecule has 0 saturated carbocycles. The molecule has 1 N–H and O–H groups in total. The first kappa shape index (κ1) is 12.2. The molecule has 2 aromatic heterocycles. The van der Waals surface area contributed by atoms with Crippen molar-refractivity contribution < 1.29 is 8.94 Å². The van der Waals surface area contributed by atoms with E-state index in [1.54, 1.807) is 0 Å². The smallest absolute Gasteiger partial charge is 0.321 e. The highest BCUT2D eigenvalue weighted by molar-refractivity contribution is 9.10. The predicted octanol–water partition coefficient (Wildman–Crippen LogP) is 3.20. The molecule has 6 heteroatoms. The largest absolute Gasteiger partial charge is 0.454 e. The summed E-state index contributed by atoms with van der Waals surface area (Å²) in [5.74, 6) is 1.90. The van der Waals surface area contributed by atoms with Gasteiger partial charge in [0.25, 0.3) is 0 Å².